The largest absolute Gasteiger partial charge is 0.508 e. The van der Waals surface area contributed by atoms with Crippen molar-refractivity contribution in [2.45, 2.75) is 42.9 Å². The lowest BCUT2D eigenvalue weighted by molar-refractivity contribution is -0.311. The molecule has 0 radical (unpaired) electrons. The predicted molar refractivity (Wildman–Crippen MR) is 141 cm³/mol. The number of phenolic OH excluding ortho intramolecular Hbond substituents is 7. The Hall–Kier alpha value is -5.00. The number of hydrogen-bond acceptors (Lipinski definition) is 16. The molecule has 234 valence electrons. The van der Waals surface area contributed by atoms with E-state index >= 15 is 0 Å². The summed E-state index contributed by atoms with van der Waals surface area (Å²) in [5.41, 5.74) is -0.751. The number of aliphatic hydroxyl groups excluding tert-OH is 3. The minimum absolute atomic E-state index is 0.0592. The van der Waals surface area contributed by atoms with Gasteiger partial charge >= 0.3 is 5.97 Å². The lowest BCUT2D eigenvalue weighted by atomic mass is 9.92. The number of carbonyl (C=O) groups is 2. The molecule has 1 fully saturated rings. The van der Waals surface area contributed by atoms with Crippen LogP contribution in [0.3, 0.4) is 0 Å². The van der Waals surface area contributed by atoms with E-state index in [1.54, 1.807) is 0 Å². The molecule has 3 aromatic carbocycles. The van der Waals surface area contributed by atoms with Crippen molar-refractivity contribution in [2.75, 3.05) is 6.61 Å². The molecule has 10 N–H and O–H groups in total. The van der Waals surface area contributed by atoms with Crippen LogP contribution < -0.4 is 4.74 Å². The first-order valence-electron chi connectivity index (χ1n) is 12.8. The highest BCUT2D eigenvalue weighted by Gasteiger charge is 2.49. The molecule has 44 heavy (non-hydrogen) atoms. The number of rotatable bonds is 6. The van der Waals surface area contributed by atoms with E-state index in [1.807, 2.05) is 0 Å². The summed E-state index contributed by atoms with van der Waals surface area (Å²) in [6.07, 6.45) is -12.5. The first-order chi connectivity index (χ1) is 20.8. The molecule has 0 bridgehead atoms. The quantitative estimate of drug-likeness (QED) is 0.128. The van der Waals surface area contributed by atoms with E-state index in [4.69, 9.17) is 18.9 Å². The van der Waals surface area contributed by atoms with Crippen LogP contribution in [0.4, 0.5) is 0 Å². The molecule has 2 aliphatic rings. The number of esters is 1. The molecule has 0 aromatic heterocycles. The van der Waals surface area contributed by atoms with E-state index in [2.05, 4.69) is 0 Å². The van der Waals surface area contributed by atoms with Crippen molar-refractivity contribution in [1.82, 2.24) is 0 Å². The smallest absolute Gasteiger partial charge is 0.338 e. The second-order valence-corrected chi connectivity index (χ2v) is 10.0. The summed E-state index contributed by atoms with van der Waals surface area (Å²) >= 11 is 0. The van der Waals surface area contributed by atoms with Gasteiger partial charge in [0.05, 0.1) is 5.56 Å². The third kappa shape index (κ3) is 5.54. The van der Waals surface area contributed by atoms with E-state index in [-0.39, 0.29) is 11.3 Å². The summed E-state index contributed by atoms with van der Waals surface area (Å²) in [6.45, 7) is -0.778. The molecule has 0 aliphatic carbocycles. The maximum Gasteiger partial charge on any atom is 0.338 e. The Morgan fingerprint density at radius 3 is 2.11 bits per heavy atom. The highest BCUT2D eigenvalue weighted by Crippen LogP contribution is 2.44. The minimum atomic E-state index is -1.99. The van der Waals surface area contributed by atoms with Crippen molar-refractivity contribution in [2.24, 2.45) is 0 Å². The number of hydrogen-bond donors (Lipinski definition) is 10. The molecule has 2 aliphatic heterocycles. The fourth-order valence-corrected chi connectivity index (χ4v) is 4.77. The van der Waals surface area contributed by atoms with E-state index in [1.165, 1.54) is 6.07 Å². The molecule has 2 unspecified atom stereocenters. The first-order valence-corrected chi connectivity index (χ1v) is 12.8. The van der Waals surface area contributed by atoms with Crippen LogP contribution in [0.2, 0.25) is 0 Å². The van der Waals surface area contributed by atoms with Crippen LogP contribution in [0.15, 0.2) is 42.5 Å². The van der Waals surface area contributed by atoms with Gasteiger partial charge in [0.1, 0.15) is 53.8 Å². The molecule has 1 saturated heterocycles. The first kappa shape index (κ1) is 30.5. The summed E-state index contributed by atoms with van der Waals surface area (Å²) in [4.78, 5) is 26.1. The maximum absolute atomic E-state index is 13.6. The van der Waals surface area contributed by atoms with Gasteiger partial charge in [0.2, 0.25) is 5.78 Å². The highest BCUT2D eigenvalue weighted by atomic mass is 16.7. The van der Waals surface area contributed by atoms with Gasteiger partial charge in [-0.05, 0) is 29.8 Å². The van der Waals surface area contributed by atoms with E-state index in [0.29, 0.717) is 0 Å². The second-order valence-electron chi connectivity index (χ2n) is 10.0. The molecule has 16 heteroatoms. The zero-order valence-corrected chi connectivity index (χ0v) is 22.2. The lowest BCUT2D eigenvalue weighted by Gasteiger charge is -2.42. The van der Waals surface area contributed by atoms with Gasteiger partial charge in [0, 0.05) is 12.1 Å². The number of benzene rings is 3. The normalized spacial score (nSPS) is 26.4. The molecule has 0 spiro atoms. The van der Waals surface area contributed by atoms with E-state index in [9.17, 15) is 60.7 Å². The highest BCUT2D eigenvalue weighted by molar-refractivity contribution is 6.05. The van der Waals surface area contributed by atoms with Crippen LogP contribution in [0.25, 0.3) is 0 Å². The molecule has 3 aromatic rings. The number of aromatic hydroxyl groups is 7. The minimum Gasteiger partial charge on any atom is -0.508 e. The van der Waals surface area contributed by atoms with Crippen molar-refractivity contribution in [3.8, 4) is 46.0 Å². The second kappa shape index (κ2) is 11.6. The molecule has 0 saturated carbocycles. The molecule has 16 nitrogen and oxygen atoms in total. The molecule has 7 atom stereocenters. The van der Waals surface area contributed by atoms with Crippen molar-refractivity contribution >= 4 is 11.8 Å². The Morgan fingerprint density at radius 1 is 0.773 bits per heavy atom. The van der Waals surface area contributed by atoms with Crippen molar-refractivity contribution in [1.29, 1.82) is 0 Å². The zero-order chi connectivity index (χ0) is 32.0. The van der Waals surface area contributed by atoms with Crippen molar-refractivity contribution in [3.63, 3.8) is 0 Å². The Bertz CT molecular complexity index is 1580. The van der Waals surface area contributed by atoms with Crippen LogP contribution in [0.1, 0.15) is 32.4 Å². The number of fused-ring (bicyclic) bond motifs is 1. The molecule has 5 rings (SSSR count). The number of ketones is 1. The third-order valence-corrected chi connectivity index (χ3v) is 7.06. The lowest BCUT2D eigenvalue weighted by Crippen LogP contribution is -2.60. The van der Waals surface area contributed by atoms with Gasteiger partial charge in [0.15, 0.2) is 47.2 Å². The zero-order valence-electron chi connectivity index (χ0n) is 22.2. The standard InChI is InChI=1S/C28H26O16/c29-11-6-14(32)19-17(7-11)42-25(9-1-2-12(30)13(31)3-9)26(22(19)37)44-28-24(39)23(38)21(36)18(43-28)8-41-27(40)10-4-15(33)20(35)16(34)5-10/h1-7,18,21,23-26,28-36,38-39H,8H2/t18-,21+,23+,24-,25?,26?,28+/m1/s1. The fourth-order valence-electron chi connectivity index (χ4n) is 4.77. The number of phenols is 7. The van der Waals surface area contributed by atoms with E-state index in [0.717, 1.165) is 36.4 Å². The number of ether oxygens (including phenoxy) is 4. The van der Waals surface area contributed by atoms with Gasteiger partial charge < -0.3 is 70.0 Å². The van der Waals surface area contributed by atoms with Crippen LogP contribution in [0.5, 0.6) is 46.0 Å². The average molecular weight is 619 g/mol. The Morgan fingerprint density at radius 2 is 1.45 bits per heavy atom. The van der Waals surface area contributed by atoms with Crippen LogP contribution in [-0.2, 0) is 14.2 Å². The van der Waals surface area contributed by atoms with E-state index < -0.39 is 113 Å². The summed E-state index contributed by atoms with van der Waals surface area (Å²) in [7, 11) is 0. The molecule has 0 amide bonds. The number of aliphatic hydroxyl groups is 3. The molecular formula is C28H26O16. The fraction of sp³-hybridized carbons (Fsp3) is 0.286. The summed E-state index contributed by atoms with van der Waals surface area (Å²) in [6, 6.07) is 6.92. The van der Waals surface area contributed by atoms with Gasteiger partial charge in [0.25, 0.3) is 0 Å². The molecular weight excluding hydrogens is 592 g/mol. The van der Waals surface area contributed by atoms with Crippen molar-refractivity contribution < 1.29 is 79.6 Å². The molecule has 2 heterocycles. The summed E-state index contributed by atoms with van der Waals surface area (Å²) in [5.74, 6) is -7.08. The van der Waals surface area contributed by atoms with Gasteiger partial charge in [-0.1, -0.05) is 6.07 Å². The number of Topliss-reactive ketones (excluding diaryl/α,β-unsaturated/α-hetero) is 1. The Kier molecular flexibility index (Phi) is 8.02. The predicted octanol–water partition coefficient (Wildman–Crippen LogP) is -0.00800. The topological polar surface area (TPSA) is 273 Å². The number of carbonyl (C=O) groups excluding carboxylic acids is 2. The Labute approximate surface area is 246 Å². The van der Waals surface area contributed by atoms with Gasteiger partial charge in [-0.3, -0.25) is 4.79 Å². The third-order valence-electron chi connectivity index (χ3n) is 7.06. The maximum atomic E-state index is 13.6. The van der Waals surface area contributed by atoms with Crippen LogP contribution in [-0.4, -0.2) is 106 Å². The summed E-state index contributed by atoms with van der Waals surface area (Å²) in [5, 5.41) is 100. The van der Waals surface area contributed by atoms with Crippen LogP contribution in [0, 0.1) is 0 Å². The van der Waals surface area contributed by atoms with Gasteiger partial charge in [-0.2, -0.15) is 0 Å². The summed E-state index contributed by atoms with van der Waals surface area (Å²) < 4.78 is 22.2. The van der Waals surface area contributed by atoms with Gasteiger partial charge in [-0.15, -0.1) is 0 Å². The van der Waals surface area contributed by atoms with Crippen molar-refractivity contribution in [3.05, 3.63) is 59.2 Å². The average Bonchev–Trinajstić information content (AvgIpc) is 2.97. The SMILES string of the molecule is O=C(OC[C@H]1O[C@@H](OC2C(=O)c3c(O)cc(O)cc3OC2c2ccc(O)c(O)c2)[C@H](O)[C@@H](O)[C@H]1O)c1cc(O)c(O)c(O)c1. The Balaban J connectivity index is 1.41. The monoisotopic (exact) mass is 618 g/mol. The van der Waals surface area contributed by atoms with Crippen LogP contribution >= 0.6 is 0 Å². The van der Waals surface area contributed by atoms with Gasteiger partial charge in [-0.25, -0.2) is 4.79 Å².